The molecule has 1 aliphatic heterocycles. The molecule has 0 radical (unpaired) electrons. The third kappa shape index (κ3) is 3.89. The molecule has 0 spiro atoms. The number of nitrogens with zero attached hydrogens (tertiary/aromatic N) is 1. The lowest BCUT2D eigenvalue weighted by Gasteiger charge is -2.26. The lowest BCUT2D eigenvalue weighted by atomic mass is 10.1. The van der Waals surface area contributed by atoms with E-state index >= 15 is 0 Å². The number of benzene rings is 2. The minimum Gasteiger partial charge on any atom is -0.494 e. The number of hydrogen-bond acceptors (Lipinski definition) is 5. The first kappa shape index (κ1) is 20.0. The van der Waals surface area contributed by atoms with Gasteiger partial charge in [-0.2, -0.15) is 0 Å². The first-order chi connectivity index (χ1) is 14.6. The van der Waals surface area contributed by atoms with Crippen LogP contribution < -0.4 is 10.1 Å². The fourth-order valence-electron chi connectivity index (χ4n) is 3.52. The van der Waals surface area contributed by atoms with E-state index in [0.29, 0.717) is 55.1 Å². The number of ether oxygens (including phenoxy) is 2. The average Bonchev–Trinajstić information content (AvgIpc) is 3.13. The maximum Gasteiger partial charge on any atom is 0.291 e. The van der Waals surface area contributed by atoms with Crippen LogP contribution in [0.5, 0.6) is 5.75 Å². The van der Waals surface area contributed by atoms with Crippen LogP contribution in [-0.4, -0.2) is 49.6 Å². The first-order valence-corrected chi connectivity index (χ1v) is 10.0. The Bertz CT molecular complexity index is 1080. The second-order valence-corrected chi connectivity index (χ2v) is 7.07. The van der Waals surface area contributed by atoms with Crippen molar-refractivity contribution in [3.05, 3.63) is 59.4 Å². The summed E-state index contributed by atoms with van der Waals surface area (Å²) >= 11 is 0. The Morgan fingerprint density at radius 1 is 1.13 bits per heavy atom. The predicted octanol–water partition coefficient (Wildman–Crippen LogP) is 3.86. The number of amides is 2. The van der Waals surface area contributed by atoms with Crippen molar-refractivity contribution in [2.75, 3.05) is 38.2 Å². The van der Waals surface area contributed by atoms with Crippen LogP contribution in [0.3, 0.4) is 0 Å². The predicted molar refractivity (Wildman–Crippen MR) is 113 cm³/mol. The highest BCUT2D eigenvalue weighted by Gasteiger charge is 2.27. The molecule has 7 heteroatoms. The molecule has 2 aromatic carbocycles. The third-order valence-corrected chi connectivity index (χ3v) is 5.06. The zero-order valence-corrected chi connectivity index (χ0v) is 17.1. The average molecular weight is 408 g/mol. The zero-order chi connectivity index (χ0) is 21.1. The van der Waals surface area contributed by atoms with Crippen LogP contribution >= 0.6 is 0 Å². The molecule has 2 heterocycles. The third-order valence-electron chi connectivity index (χ3n) is 5.06. The van der Waals surface area contributed by atoms with Crippen molar-refractivity contribution >= 4 is 28.5 Å². The van der Waals surface area contributed by atoms with E-state index in [2.05, 4.69) is 5.32 Å². The summed E-state index contributed by atoms with van der Waals surface area (Å²) in [5, 5.41) is 3.58. The van der Waals surface area contributed by atoms with Gasteiger partial charge in [0.05, 0.1) is 19.8 Å². The quantitative estimate of drug-likeness (QED) is 0.693. The molecule has 2 amide bonds. The number of nitrogens with one attached hydrogen (secondary N) is 1. The Kier molecular flexibility index (Phi) is 5.72. The van der Waals surface area contributed by atoms with Gasteiger partial charge < -0.3 is 24.1 Å². The van der Waals surface area contributed by atoms with Crippen molar-refractivity contribution in [2.24, 2.45) is 0 Å². The van der Waals surface area contributed by atoms with Crippen LogP contribution in [0.1, 0.15) is 33.4 Å². The van der Waals surface area contributed by atoms with Crippen molar-refractivity contribution in [3.63, 3.8) is 0 Å². The molecular formula is C23H24N2O5. The van der Waals surface area contributed by atoms with E-state index in [1.165, 1.54) is 0 Å². The highest BCUT2D eigenvalue weighted by molar-refractivity contribution is 6.14. The number of carbonyl (C=O) groups excluding carboxylic acids is 2. The van der Waals surface area contributed by atoms with Gasteiger partial charge in [-0.25, -0.2) is 0 Å². The highest BCUT2D eigenvalue weighted by atomic mass is 16.5. The minimum absolute atomic E-state index is 0.133. The normalized spacial score (nSPS) is 14.0. The van der Waals surface area contributed by atoms with Gasteiger partial charge in [-0.15, -0.1) is 0 Å². The topological polar surface area (TPSA) is 81.0 Å². The maximum absolute atomic E-state index is 13.1. The molecule has 0 atom stereocenters. The van der Waals surface area contributed by atoms with Crippen molar-refractivity contribution < 1.29 is 23.5 Å². The second kappa shape index (κ2) is 8.59. The Balaban J connectivity index is 1.66. The molecule has 3 aromatic rings. The maximum atomic E-state index is 13.1. The van der Waals surface area contributed by atoms with Gasteiger partial charge in [0.15, 0.2) is 0 Å². The monoisotopic (exact) mass is 408 g/mol. The molecule has 7 nitrogen and oxygen atoms in total. The zero-order valence-electron chi connectivity index (χ0n) is 17.1. The number of carbonyl (C=O) groups is 2. The molecule has 1 aliphatic rings. The van der Waals surface area contributed by atoms with Crippen molar-refractivity contribution in [1.82, 2.24) is 4.90 Å². The summed E-state index contributed by atoms with van der Waals surface area (Å²) < 4.78 is 16.7. The van der Waals surface area contributed by atoms with Gasteiger partial charge in [-0.1, -0.05) is 12.1 Å². The van der Waals surface area contributed by atoms with Crippen LogP contribution in [-0.2, 0) is 4.74 Å². The fourth-order valence-corrected chi connectivity index (χ4v) is 3.52. The lowest BCUT2D eigenvalue weighted by Crippen LogP contribution is -2.40. The van der Waals surface area contributed by atoms with Gasteiger partial charge in [0, 0.05) is 24.0 Å². The smallest absolute Gasteiger partial charge is 0.291 e. The molecule has 1 N–H and O–H groups in total. The van der Waals surface area contributed by atoms with Crippen LogP contribution in [0.25, 0.3) is 11.0 Å². The number of furan rings is 1. The number of fused-ring (bicyclic) bond motifs is 1. The summed E-state index contributed by atoms with van der Waals surface area (Å²) in [5.41, 5.74) is 2.28. The Labute approximate surface area is 174 Å². The molecular weight excluding hydrogens is 384 g/mol. The number of anilines is 1. The van der Waals surface area contributed by atoms with E-state index in [0.717, 1.165) is 11.3 Å². The number of hydrogen-bond donors (Lipinski definition) is 1. The van der Waals surface area contributed by atoms with Crippen LogP contribution in [0.2, 0.25) is 0 Å². The molecule has 0 aliphatic carbocycles. The van der Waals surface area contributed by atoms with Crippen LogP contribution in [0, 0.1) is 6.92 Å². The Morgan fingerprint density at radius 2 is 1.90 bits per heavy atom. The number of aryl methyl sites for hydroxylation is 1. The Hall–Kier alpha value is -3.32. The summed E-state index contributed by atoms with van der Waals surface area (Å²) in [6.45, 7) is 6.31. The van der Waals surface area contributed by atoms with Gasteiger partial charge in [-0.05, 0) is 49.7 Å². The largest absolute Gasteiger partial charge is 0.494 e. The highest BCUT2D eigenvalue weighted by Crippen LogP contribution is 2.32. The van der Waals surface area contributed by atoms with Gasteiger partial charge in [0.1, 0.15) is 17.0 Å². The molecule has 1 aromatic heterocycles. The van der Waals surface area contributed by atoms with E-state index < -0.39 is 0 Å². The molecule has 156 valence electrons. The molecule has 1 fully saturated rings. The summed E-state index contributed by atoms with van der Waals surface area (Å²) in [6, 6.07) is 12.5. The van der Waals surface area contributed by atoms with Crippen LogP contribution in [0.15, 0.2) is 46.9 Å². The first-order valence-electron chi connectivity index (χ1n) is 10.0. The van der Waals surface area contributed by atoms with Gasteiger partial charge in [0.25, 0.3) is 11.8 Å². The Morgan fingerprint density at radius 3 is 2.63 bits per heavy atom. The van der Waals surface area contributed by atoms with E-state index in [1.54, 1.807) is 29.2 Å². The van der Waals surface area contributed by atoms with E-state index in [9.17, 15) is 9.59 Å². The summed E-state index contributed by atoms with van der Waals surface area (Å²) in [6.07, 6.45) is 0. The van der Waals surface area contributed by atoms with Crippen molar-refractivity contribution in [3.8, 4) is 5.75 Å². The van der Waals surface area contributed by atoms with Gasteiger partial charge in [-0.3, -0.25) is 9.59 Å². The van der Waals surface area contributed by atoms with E-state index in [-0.39, 0.29) is 17.6 Å². The summed E-state index contributed by atoms with van der Waals surface area (Å²) in [4.78, 5) is 27.8. The SMILES string of the molecule is CCOc1ccc(C(=O)Nc2c(C(=O)N3CCOCC3)oc3ccccc23)cc1C. The molecule has 0 saturated carbocycles. The summed E-state index contributed by atoms with van der Waals surface area (Å²) in [7, 11) is 0. The summed E-state index contributed by atoms with van der Waals surface area (Å²) in [5.74, 6) is 0.302. The molecule has 0 unspecified atom stereocenters. The second-order valence-electron chi connectivity index (χ2n) is 7.07. The van der Waals surface area contributed by atoms with Gasteiger partial charge >= 0.3 is 0 Å². The van der Waals surface area contributed by atoms with Crippen molar-refractivity contribution in [2.45, 2.75) is 13.8 Å². The minimum atomic E-state index is -0.316. The molecule has 0 bridgehead atoms. The fraction of sp³-hybridized carbons (Fsp3) is 0.304. The number of rotatable bonds is 5. The molecule has 1 saturated heterocycles. The number of morpholine rings is 1. The lowest BCUT2D eigenvalue weighted by molar-refractivity contribution is 0.0285. The van der Waals surface area contributed by atoms with E-state index in [4.69, 9.17) is 13.9 Å². The van der Waals surface area contributed by atoms with Crippen LogP contribution in [0.4, 0.5) is 5.69 Å². The standard InChI is InChI=1S/C23H24N2O5/c1-3-29-18-9-8-16(14-15(18)2)22(26)24-20-17-6-4-5-7-19(17)30-21(20)23(27)25-10-12-28-13-11-25/h4-9,14H,3,10-13H2,1-2H3,(H,24,26). The van der Waals surface area contributed by atoms with E-state index in [1.807, 2.05) is 32.0 Å². The van der Waals surface area contributed by atoms with Crippen molar-refractivity contribution in [1.29, 1.82) is 0 Å². The molecule has 4 rings (SSSR count). The van der Waals surface area contributed by atoms with Gasteiger partial charge in [0.2, 0.25) is 5.76 Å². The molecule has 30 heavy (non-hydrogen) atoms. The number of para-hydroxylation sites is 1.